The number of carboxylic acids is 1. The zero-order valence-corrected chi connectivity index (χ0v) is 25.7. The Balaban J connectivity index is 1.53. The molecule has 0 amide bonds. The minimum atomic E-state index is -1.17. The maximum absolute atomic E-state index is 12.6. The van der Waals surface area contributed by atoms with E-state index in [1.54, 1.807) is 12.1 Å². The maximum atomic E-state index is 12.6. The molecule has 0 radical (unpaired) electrons. The fourth-order valence-corrected chi connectivity index (χ4v) is 6.49. The first-order valence-electron chi connectivity index (χ1n) is 13.5. The van der Waals surface area contributed by atoms with Crippen molar-refractivity contribution in [2.75, 3.05) is 0 Å². The molecule has 3 aromatic carbocycles. The number of imidazole rings is 1. The number of carbonyl (C=O) groups is 1. The first-order chi connectivity index (χ1) is 19.9. The number of aromatic nitrogens is 5. The number of aliphatic carboxylic acids is 1. The van der Waals surface area contributed by atoms with Gasteiger partial charge in [0.2, 0.25) is 0 Å². The van der Waals surface area contributed by atoms with Crippen LogP contribution in [-0.2, 0) is 23.6 Å². The third kappa shape index (κ3) is 5.08. The van der Waals surface area contributed by atoms with Gasteiger partial charge in [-0.15, -0.1) is 11.3 Å². The molecule has 0 saturated carbocycles. The van der Waals surface area contributed by atoms with Gasteiger partial charge in [0, 0.05) is 47.4 Å². The molecule has 0 aliphatic rings. The van der Waals surface area contributed by atoms with Crippen LogP contribution >= 0.6 is 22.9 Å². The molecule has 6 rings (SSSR count). The van der Waals surface area contributed by atoms with Gasteiger partial charge in [-0.25, -0.2) is 14.8 Å². The number of fused-ring (bicyclic) bond motifs is 2. The van der Waals surface area contributed by atoms with Crippen LogP contribution < -0.4 is 0 Å². The third-order valence-corrected chi connectivity index (χ3v) is 8.48. The lowest BCUT2D eigenvalue weighted by atomic mass is 9.91. The number of rotatable bonds is 6. The molecule has 0 aliphatic heterocycles. The molecule has 10 heteroatoms. The molecule has 0 unspecified atom stereocenters. The van der Waals surface area contributed by atoms with Crippen LogP contribution in [0.4, 0.5) is 0 Å². The Morgan fingerprint density at radius 1 is 1.05 bits per heavy atom. The first-order valence-corrected chi connectivity index (χ1v) is 14.7. The fourth-order valence-electron chi connectivity index (χ4n) is 5.29. The Morgan fingerprint density at radius 3 is 2.45 bits per heavy atom. The van der Waals surface area contributed by atoms with Gasteiger partial charge in [0.05, 0.1) is 27.5 Å². The van der Waals surface area contributed by atoms with Crippen molar-refractivity contribution in [1.29, 1.82) is 0 Å². The number of benzene rings is 3. The lowest BCUT2D eigenvalue weighted by Crippen LogP contribution is -2.28. The molecule has 6 aromatic rings. The topological polar surface area (TPSA) is 95.1 Å². The molecule has 214 valence electrons. The molecule has 42 heavy (non-hydrogen) atoms. The van der Waals surface area contributed by atoms with Crippen molar-refractivity contribution in [2.24, 2.45) is 14.1 Å². The zero-order valence-electron chi connectivity index (χ0n) is 24.1. The Morgan fingerprint density at radius 2 is 1.76 bits per heavy atom. The molecular weight excluding hydrogens is 570 g/mol. The molecule has 0 fully saturated rings. The molecule has 8 nitrogen and oxygen atoms in total. The van der Waals surface area contributed by atoms with E-state index in [-0.39, 0.29) is 0 Å². The lowest BCUT2D eigenvalue weighted by Gasteiger charge is -2.28. The highest BCUT2D eigenvalue weighted by Crippen LogP contribution is 2.44. The van der Waals surface area contributed by atoms with E-state index in [1.165, 1.54) is 11.3 Å². The van der Waals surface area contributed by atoms with Crippen molar-refractivity contribution in [3.8, 4) is 33.2 Å². The summed E-state index contributed by atoms with van der Waals surface area (Å²) in [6, 6.07) is 15.5. The van der Waals surface area contributed by atoms with Crippen LogP contribution in [0.25, 0.3) is 54.3 Å². The summed E-state index contributed by atoms with van der Waals surface area (Å²) in [5.41, 5.74) is 5.87. The van der Waals surface area contributed by atoms with Gasteiger partial charge in [-0.05, 0) is 75.2 Å². The van der Waals surface area contributed by atoms with Gasteiger partial charge in [-0.2, -0.15) is 5.10 Å². The minimum Gasteiger partial charge on any atom is -0.479 e. The van der Waals surface area contributed by atoms with Gasteiger partial charge in [0.25, 0.3) is 0 Å². The number of aryl methyl sites for hydroxylation is 3. The van der Waals surface area contributed by atoms with E-state index in [4.69, 9.17) is 26.3 Å². The van der Waals surface area contributed by atoms with E-state index in [2.05, 4.69) is 11.2 Å². The second-order valence-electron chi connectivity index (χ2n) is 11.4. The van der Waals surface area contributed by atoms with Crippen LogP contribution in [0.15, 0.2) is 60.9 Å². The number of ether oxygens (including phenoxy) is 1. The van der Waals surface area contributed by atoms with E-state index in [9.17, 15) is 9.90 Å². The Hall–Kier alpha value is -4.05. The lowest BCUT2D eigenvalue weighted by molar-refractivity contribution is -0.160. The highest BCUT2D eigenvalue weighted by Gasteiger charge is 2.32. The van der Waals surface area contributed by atoms with Crippen LogP contribution in [0, 0.1) is 6.92 Å². The minimum absolute atomic E-state index is 0.598. The Labute approximate surface area is 252 Å². The van der Waals surface area contributed by atoms with Gasteiger partial charge in [-0.3, -0.25) is 4.68 Å². The summed E-state index contributed by atoms with van der Waals surface area (Å²) in [6.07, 6.45) is 2.65. The highest BCUT2D eigenvalue weighted by atomic mass is 35.5. The quantitative estimate of drug-likeness (QED) is 0.210. The van der Waals surface area contributed by atoms with Crippen molar-refractivity contribution in [3.05, 3.63) is 77.1 Å². The van der Waals surface area contributed by atoms with Gasteiger partial charge < -0.3 is 14.4 Å². The summed E-state index contributed by atoms with van der Waals surface area (Å²) in [5.74, 6) is -0.235. The smallest absolute Gasteiger partial charge is 0.337 e. The van der Waals surface area contributed by atoms with E-state index in [0.717, 1.165) is 59.9 Å². The fraction of sp³-hybridized carbons (Fsp3) is 0.250. The summed E-state index contributed by atoms with van der Waals surface area (Å²) in [4.78, 5) is 22.6. The second kappa shape index (κ2) is 10.3. The van der Waals surface area contributed by atoms with Crippen molar-refractivity contribution in [1.82, 2.24) is 24.3 Å². The highest BCUT2D eigenvalue weighted by molar-refractivity contribution is 7.22. The molecule has 0 bridgehead atoms. The predicted molar refractivity (Wildman–Crippen MR) is 168 cm³/mol. The zero-order chi connectivity index (χ0) is 29.9. The van der Waals surface area contributed by atoms with Crippen molar-refractivity contribution in [2.45, 2.75) is 39.4 Å². The van der Waals surface area contributed by atoms with Crippen LogP contribution in [0.5, 0.6) is 0 Å². The predicted octanol–water partition coefficient (Wildman–Crippen LogP) is 7.82. The van der Waals surface area contributed by atoms with Crippen LogP contribution in [0.3, 0.4) is 0 Å². The van der Waals surface area contributed by atoms with Crippen LogP contribution in [0.1, 0.15) is 38.0 Å². The first kappa shape index (κ1) is 28.1. The average molecular weight is 600 g/mol. The molecular formula is C32H30ClN5O3S. The van der Waals surface area contributed by atoms with Gasteiger partial charge in [-0.1, -0.05) is 23.7 Å². The number of hydrogen-bond donors (Lipinski definition) is 1. The van der Waals surface area contributed by atoms with E-state index >= 15 is 0 Å². The molecule has 3 aromatic heterocycles. The number of halogens is 1. The molecule has 3 heterocycles. The average Bonchev–Trinajstić information content (AvgIpc) is 3.63. The van der Waals surface area contributed by atoms with E-state index in [0.29, 0.717) is 10.6 Å². The number of hydrogen-bond acceptors (Lipinski definition) is 6. The maximum Gasteiger partial charge on any atom is 0.337 e. The van der Waals surface area contributed by atoms with E-state index in [1.807, 2.05) is 93.8 Å². The van der Waals surface area contributed by atoms with Gasteiger partial charge in [0.1, 0.15) is 16.5 Å². The SMILES string of the molecule is Cc1cc2nc(-c3cn(C)c(-c4ccc5c(cnn5C)c4)n3)sc2c(-c2ccc(Cl)cc2)c1[C@H](OC(C)(C)C)C(=O)O. The van der Waals surface area contributed by atoms with Crippen molar-refractivity contribution < 1.29 is 14.6 Å². The number of thiazole rings is 1. The third-order valence-electron chi connectivity index (χ3n) is 7.12. The molecule has 0 aliphatic carbocycles. The normalized spacial score (nSPS) is 12.8. The van der Waals surface area contributed by atoms with Gasteiger partial charge >= 0.3 is 5.97 Å². The second-order valence-corrected chi connectivity index (χ2v) is 12.8. The molecule has 0 saturated heterocycles. The standard InChI is InChI=1S/C32H30ClN5O3S/c1-17-13-22-28(26(18-7-10-21(33)11-8-18)25(17)27(31(39)40)41-32(2,3)4)42-30(36-22)23-16-37(5)29(35-23)19-9-12-24-20(14-19)15-34-38(24)6/h7-16,27H,1-6H3,(H,39,40)/t27-/m0/s1. The summed E-state index contributed by atoms with van der Waals surface area (Å²) >= 11 is 7.72. The molecule has 0 spiro atoms. The summed E-state index contributed by atoms with van der Waals surface area (Å²) < 4.78 is 10.8. The summed E-state index contributed by atoms with van der Waals surface area (Å²) in [6.45, 7) is 7.47. The Bertz CT molecular complexity index is 1980. The molecule has 1 N–H and O–H groups in total. The van der Waals surface area contributed by atoms with Crippen LogP contribution in [0.2, 0.25) is 5.02 Å². The van der Waals surface area contributed by atoms with Crippen LogP contribution in [-0.4, -0.2) is 41.0 Å². The van der Waals surface area contributed by atoms with E-state index < -0.39 is 17.7 Å². The van der Waals surface area contributed by atoms with Crippen molar-refractivity contribution in [3.63, 3.8) is 0 Å². The number of carboxylic acid groups (broad SMARTS) is 1. The summed E-state index contributed by atoms with van der Waals surface area (Å²) in [7, 11) is 3.89. The molecule has 1 atom stereocenters. The van der Waals surface area contributed by atoms with Crippen molar-refractivity contribution >= 4 is 50.0 Å². The van der Waals surface area contributed by atoms with Gasteiger partial charge in [0.15, 0.2) is 6.10 Å². The monoisotopic (exact) mass is 599 g/mol. The Kier molecular flexibility index (Phi) is 6.92. The largest absolute Gasteiger partial charge is 0.479 e. The summed E-state index contributed by atoms with van der Waals surface area (Å²) in [5, 5.41) is 17.1. The number of nitrogens with zero attached hydrogens (tertiary/aromatic N) is 5.